The topological polar surface area (TPSA) is 27.3 Å². The van der Waals surface area contributed by atoms with E-state index >= 15 is 0 Å². The molecule has 1 aliphatic carbocycles. The molecule has 7 heteroatoms. The third-order valence-corrected chi connectivity index (χ3v) is 4.30. The molecule has 21 heavy (non-hydrogen) atoms. The van der Waals surface area contributed by atoms with Crippen LogP contribution in [-0.2, 0) is 6.18 Å². The Morgan fingerprint density at radius 3 is 2.52 bits per heavy atom. The van der Waals surface area contributed by atoms with Crippen LogP contribution in [0.3, 0.4) is 0 Å². The van der Waals surface area contributed by atoms with Gasteiger partial charge < -0.3 is 5.32 Å². The maximum atomic E-state index is 12.8. The van der Waals surface area contributed by atoms with Gasteiger partial charge in [0, 0.05) is 0 Å². The van der Waals surface area contributed by atoms with Gasteiger partial charge in [-0.05, 0) is 56.1 Å². The quantitative estimate of drug-likeness (QED) is 0.775. The number of rotatable bonds is 1. The van der Waals surface area contributed by atoms with Crippen molar-refractivity contribution in [1.29, 1.82) is 0 Å². The molecule has 1 aromatic rings. The van der Waals surface area contributed by atoms with Gasteiger partial charge in [-0.3, -0.25) is 5.01 Å². The highest BCUT2D eigenvalue weighted by atomic mass is 32.1. The molecule has 1 saturated carbocycles. The molecular weight excluding hydrogens is 299 g/mol. The number of hydrogen-bond acceptors (Lipinski definition) is 2. The molecule has 1 aromatic carbocycles. The van der Waals surface area contributed by atoms with Crippen LogP contribution >= 0.6 is 12.2 Å². The summed E-state index contributed by atoms with van der Waals surface area (Å²) in [5, 5.41) is 5.22. The second-order valence-corrected chi connectivity index (χ2v) is 5.95. The first-order chi connectivity index (χ1) is 9.90. The number of hydrogen-bond donors (Lipinski definition) is 2. The fourth-order valence-electron chi connectivity index (χ4n) is 2.95. The van der Waals surface area contributed by atoms with E-state index in [2.05, 4.69) is 10.7 Å². The van der Waals surface area contributed by atoms with Crippen LogP contribution in [0.5, 0.6) is 0 Å². The fraction of sp³-hybridized carbons (Fsp3) is 0.500. The Kier molecular flexibility index (Phi) is 3.57. The van der Waals surface area contributed by atoms with E-state index in [1.54, 1.807) is 11.1 Å². The zero-order chi connectivity index (χ0) is 15.1. The highest BCUT2D eigenvalue weighted by molar-refractivity contribution is 7.80. The molecule has 1 heterocycles. The van der Waals surface area contributed by atoms with Crippen LogP contribution < -0.4 is 15.8 Å². The number of halogens is 3. The van der Waals surface area contributed by atoms with Crippen molar-refractivity contribution in [1.82, 2.24) is 10.7 Å². The van der Waals surface area contributed by atoms with Crippen molar-refractivity contribution in [2.24, 2.45) is 0 Å². The maximum absolute atomic E-state index is 12.8. The van der Waals surface area contributed by atoms with E-state index < -0.39 is 11.7 Å². The molecule has 2 fully saturated rings. The summed E-state index contributed by atoms with van der Waals surface area (Å²) in [7, 11) is 0. The number of alkyl halides is 3. The minimum absolute atomic E-state index is 0.302. The minimum atomic E-state index is -4.35. The Morgan fingerprint density at radius 2 is 1.86 bits per heavy atom. The van der Waals surface area contributed by atoms with Gasteiger partial charge in [0.15, 0.2) is 5.11 Å². The zero-order valence-electron chi connectivity index (χ0n) is 11.3. The molecule has 3 rings (SSSR count). The van der Waals surface area contributed by atoms with Crippen LogP contribution in [0.15, 0.2) is 24.3 Å². The average Bonchev–Trinajstić information content (AvgIpc) is 2.75. The van der Waals surface area contributed by atoms with E-state index in [0.717, 1.165) is 37.8 Å². The van der Waals surface area contributed by atoms with Gasteiger partial charge in [-0.1, -0.05) is 12.5 Å². The maximum Gasteiger partial charge on any atom is 0.416 e. The number of benzene rings is 1. The van der Waals surface area contributed by atoms with Gasteiger partial charge >= 0.3 is 6.18 Å². The van der Waals surface area contributed by atoms with E-state index in [-0.39, 0.29) is 5.66 Å². The van der Waals surface area contributed by atoms with Crippen molar-refractivity contribution in [2.45, 2.75) is 43.9 Å². The SMILES string of the molecule is FC(F)(F)c1cccc(N2NC3(CCCCC3)NC2=S)c1. The van der Waals surface area contributed by atoms with Gasteiger partial charge in [0.1, 0.15) is 5.66 Å². The third-order valence-electron chi connectivity index (χ3n) is 4.01. The molecule has 2 N–H and O–H groups in total. The predicted molar refractivity (Wildman–Crippen MR) is 78.6 cm³/mol. The Labute approximate surface area is 126 Å². The molecule has 114 valence electrons. The summed E-state index contributed by atoms with van der Waals surface area (Å²) in [5.41, 5.74) is 2.70. The third kappa shape index (κ3) is 2.85. The van der Waals surface area contributed by atoms with E-state index in [4.69, 9.17) is 12.2 Å². The van der Waals surface area contributed by atoms with Crippen LogP contribution in [0, 0.1) is 0 Å². The van der Waals surface area contributed by atoms with Crippen molar-refractivity contribution in [3.05, 3.63) is 29.8 Å². The largest absolute Gasteiger partial charge is 0.416 e. The molecule has 0 bridgehead atoms. The van der Waals surface area contributed by atoms with Crippen molar-refractivity contribution in [3.8, 4) is 0 Å². The minimum Gasteiger partial charge on any atom is -0.342 e. The van der Waals surface area contributed by atoms with Crippen molar-refractivity contribution in [3.63, 3.8) is 0 Å². The van der Waals surface area contributed by atoms with Gasteiger partial charge in [0.05, 0.1) is 11.3 Å². The van der Waals surface area contributed by atoms with Gasteiger partial charge in [0.2, 0.25) is 0 Å². The Balaban J connectivity index is 1.86. The standard InChI is InChI=1S/C14H16F3N3S/c15-14(16,17)10-5-4-6-11(9-10)20-12(21)18-13(19-20)7-2-1-3-8-13/h4-6,9,19H,1-3,7-8H2,(H,18,21). The molecule has 1 spiro atoms. The fourth-order valence-corrected chi connectivity index (χ4v) is 3.30. The summed E-state index contributed by atoms with van der Waals surface area (Å²) in [6.07, 6.45) is 0.831. The average molecular weight is 315 g/mol. The monoisotopic (exact) mass is 315 g/mol. The molecule has 1 saturated heterocycles. The van der Waals surface area contributed by atoms with Crippen LogP contribution in [0.1, 0.15) is 37.7 Å². The van der Waals surface area contributed by atoms with E-state index in [0.29, 0.717) is 10.8 Å². The number of thiocarbonyl (C=S) groups is 1. The summed E-state index contributed by atoms with van der Waals surface area (Å²) in [6.45, 7) is 0. The summed E-state index contributed by atoms with van der Waals surface area (Å²) in [4.78, 5) is 0. The lowest BCUT2D eigenvalue weighted by Gasteiger charge is -2.33. The van der Waals surface area contributed by atoms with Gasteiger partial charge in [0.25, 0.3) is 0 Å². The summed E-state index contributed by atoms with van der Waals surface area (Å²) < 4.78 is 38.4. The van der Waals surface area contributed by atoms with Gasteiger partial charge in [-0.2, -0.15) is 13.2 Å². The first-order valence-electron chi connectivity index (χ1n) is 6.97. The summed E-state index contributed by atoms with van der Waals surface area (Å²) in [6, 6.07) is 5.20. The summed E-state index contributed by atoms with van der Waals surface area (Å²) in [5.74, 6) is 0. The molecule has 0 radical (unpaired) electrons. The van der Waals surface area contributed by atoms with E-state index in [1.807, 2.05) is 0 Å². The first-order valence-corrected chi connectivity index (χ1v) is 7.38. The van der Waals surface area contributed by atoms with Gasteiger partial charge in [-0.25, -0.2) is 5.43 Å². The molecule has 0 amide bonds. The van der Waals surface area contributed by atoms with E-state index in [1.165, 1.54) is 12.5 Å². The lowest BCUT2D eigenvalue weighted by Crippen LogP contribution is -2.52. The van der Waals surface area contributed by atoms with Crippen molar-refractivity contribution in [2.75, 3.05) is 5.01 Å². The normalized spacial score (nSPS) is 21.7. The number of anilines is 1. The van der Waals surface area contributed by atoms with Crippen molar-refractivity contribution < 1.29 is 13.2 Å². The molecule has 0 aromatic heterocycles. The highest BCUT2D eigenvalue weighted by Gasteiger charge is 2.41. The predicted octanol–water partition coefficient (Wildman–Crippen LogP) is 3.56. The number of nitrogens with zero attached hydrogens (tertiary/aromatic N) is 1. The highest BCUT2D eigenvalue weighted by Crippen LogP contribution is 2.34. The van der Waals surface area contributed by atoms with Crippen LogP contribution in [0.2, 0.25) is 0 Å². The Morgan fingerprint density at radius 1 is 1.14 bits per heavy atom. The molecule has 3 nitrogen and oxygen atoms in total. The summed E-state index contributed by atoms with van der Waals surface area (Å²) >= 11 is 5.28. The molecular formula is C14H16F3N3S. The van der Waals surface area contributed by atoms with Crippen LogP contribution in [-0.4, -0.2) is 10.8 Å². The molecule has 0 atom stereocenters. The smallest absolute Gasteiger partial charge is 0.342 e. The second kappa shape index (κ2) is 5.14. The molecule has 0 unspecified atom stereocenters. The van der Waals surface area contributed by atoms with Crippen LogP contribution in [0.4, 0.5) is 18.9 Å². The van der Waals surface area contributed by atoms with Gasteiger partial charge in [-0.15, -0.1) is 0 Å². The van der Waals surface area contributed by atoms with Crippen molar-refractivity contribution >= 4 is 23.0 Å². The number of hydrazine groups is 1. The first kappa shape index (κ1) is 14.6. The molecule has 2 aliphatic rings. The van der Waals surface area contributed by atoms with Crippen LogP contribution in [0.25, 0.3) is 0 Å². The molecule has 1 aliphatic heterocycles. The Hall–Kier alpha value is -1.34. The number of nitrogens with one attached hydrogen (secondary N) is 2. The zero-order valence-corrected chi connectivity index (χ0v) is 12.2. The Bertz CT molecular complexity index is 553. The lowest BCUT2D eigenvalue weighted by atomic mass is 9.90. The van der Waals surface area contributed by atoms with E-state index in [9.17, 15) is 13.2 Å². The second-order valence-electron chi connectivity index (χ2n) is 5.57. The lowest BCUT2D eigenvalue weighted by molar-refractivity contribution is -0.137.